The molecule has 32 heavy (non-hydrogen) atoms. The Kier molecular flexibility index (Phi) is 7.77. The molecule has 0 spiro atoms. The predicted octanol–water partition coefficient (Wildman–Crippen LogP) is 6.06. The summed E-state index contributed by atoms with van der Waals surface area (Å²) in [6, 6.07) is 10.5. The number of hydrogen-bond acceptors (Lipinski definition) is 5. The summed E-state index contributed by atoms with van der Waals surface area (Å²) in [6.07, 6.45) is 11.3. The summed E-state index contributed by atoms with van der Waals surface area (Å²) in [5.41, 5.74) is 6.60. The van der Waals surface area contributed by atoms with E-state index in [0.717, 1.165) is 25.0 Å². The zero-order valence-corrected chi connectivity index (χ0v) is 19.5. The Labute approximate surface area is 191 Å². The van der Waals surface area contributed by atoms with Crippen LogP contribution in [-0.2, 0) is 17.6 Å². The second-order valence-electron chi connectivity index (χ2n) is 8.29. The minimum absolute atomic E-state index is 0.459. The van der Waals surface area contributed by atoms with E-state index < -0.39 is 0 Å². The molecule has 4 rings (SSSR count). The first-order valence-corrected chi connectivity index (χ1v) is 11.0. The maximum absolute atomic E-state index is 5.53. The number of rotatable bonds is 4. The maximum atomic E-state index is 5.53. The van der Waals surface area contributed by atoms with Crippen molar-refractivity contribution in [3.8, 4) is 11.3 Å². The summed E-state index contributed by atoms with van der Waals surface area (Å²) in [5.74, 6) is 1.59. The van der Waals surface area contributed by atoms with Gasteiger partial charge in [0.2, 0.25) is 5.88 Å². The van der Waals surface area contributed by atoms with Gasteiger partial charge in [-0.3, -0.25) is 0 Å². The Balaban J connectivity index is 0.000000247. The Morgan fingerprint density at radius 1 is 1.16 bits per heavy atom. The van der Waals surface area contributed by atoms with Gasteiger partial charge in [-0.25, -0.2) is 5.01 Å². The molecule has 166 valence electrons. The van der Waals surface area contributed by atoms with Gasteiger partial charge in [-0.2, -0.15) is 0 Å². The van der Waals surface area contributed by atoms with E-state index in [9.17, 15) is 0 Å². The van der Waals surface area contributed by atoms with Gasteiger partial charge in [0.25, 0.3) is 5.90 Å². The maximum Gasteiger partial charge on any atom is 0.266 e. The number of benzene rings is 1. The van der Waals surface area contributed by atoms with Crippen molar-refractivity contribution in [3.63, 3.8) is 0 Å². The van der Waals surface area contributed by atoms with Crippen LogP contribution >= 0.6 is 0 Å². The molecule has 0 saturated carbocycles. The molecule has 1 aliphatic heterocycles. The van der Waals surface area contributed by atoms with Gasteiger partial charge in [-0.05, 0) is 55.9 Å². The third-order valence-corrected chi connectivity index (χ3v) is 5.20. The van der Waals surface area contributed by atoms with E-state index in [4.69, 9.17) is 4.74 Å². The molecule has 0 bridgehead atoms. The zero-order valence-electron chi connectivity index (χ0n) is 19.5. The van der Waals surface area contributed by atoms with Crippen molar-refractivity contribution in [3.05, 3.63) is 96.1 Å². The van der Waals surface area contributed by atoms with Crippen molar-refractivity contribution < 1.29 is 4.74 Å². The van der Waals surface area contributed by atoms with Crippen molar-refractivity contribution >= 4 is 5.90 Å². The number of allylic oxidation sites excluding steroid dienone is 5. The monoisotopic (exact) mass is 428 g/mol. The summed E-state index contributed by atoms with van der Waals surface area (Å²) in [4.78, 5) is 0. The fraction of sp³-hybridized carbons (Fsp3) is 0.296. The standard InChI is InChI=1S/C17H16N4O.C10H16/c1-11-21(2)20-17(22-11)15-10-13-8-5-7-12-6-3-4-9-14(12)16(13)19-18-15;1-5-6-10(4)8-7-9(2)3/h3-4,6,9-10H,1,5,7-8H2,2H3;5-9H,1H2,2-4H3/b;8-7-,10-6-. The molecule has 2 heterocycles. The van der Waals surface area contributed by atoms with Crippen LogP contribution < -0.4 is 0 Å². The van der Waals surface area contributed by atoms with E-state index in [2.05, 4.69) is 79.6 Å². The smallest absolute Gasteiger partial charge is 0.266 e. The van der Waals surface area contributed by atoms with Gasteiger partial charge in [0.1, 0.15) is 0 Å². The Hall–Kier alpha value is -3.47. The molecule has 5 nitrogen and oxygen atoms in total. The minimum Gasteiger partial charge on any atom is -0.418 e. The number of aryl methyl sites for hydroxylation is 2. The molecular formula is C27H32N4O. The van der Waals surface area contributed by atoms with Crippen LogP contribution in [0.15, 0.2) is 84.4 Å². The average Bonchev–Trinajstić information content (AvgIpc) is 3.01. The molecule has 5 heteroatoms. The fourth-order valence-corrected chi connectivity index (χ4v) is 3.47. The van der Waals surface area contributed by atoms with Crippen LogP contribution in [0, 0.1) is 5.92 Å². The number of nitrogens with zero attached hydrogens (tertiary/aromatic N) is 4. The van der Waals surface area contributed by atoms with Crippen molar-refractivity contribution in [1.29, 1.82) is 0 Å². The lowest BCUT2D eigenvalue weighted by Crippen LogP contribution is -2.07. The molecular weight excluding hydrogens is 396 g/mol. The Morgan fingerprint density at radius 2 is 1.91 bits per heavy atom. The van der Waals surface area contributed by atoms with Gasteiger partial charge in [0.15, 0.2) is 5.69 Å². The largest absolute Gasteiger partial charge is 0.418 e. The summed E-state index contributed by atoms with van der Waals surface area (Å²) in [6.45, 7) is 13.8. The number of hydrazone groups is 1. The van der Waals surface area contributed by atoms with Crippen LogP contribution in [0.1, 0.15) is 44.0 Å². The molecule has 0 radical (unpaired) electrons. The molecule has 0 atom stereocenters. The lowest BCUT2D eigenvalue weighted by atomic mass is 10.0. The third kappa shape index (κ3) is 5.82. The third-order valence-electron chi connectivity index (χ3n) is 5.20. The Morgan fingerprint density at radius 3 is 2.59 bits per heavy atom. The van der Waals surface area contributed by atoms with E-state index in [1.54, 1.807) is 18.1 Å². The first-order valence-electron chi connectivity index (χ1n) is 11.0. The predicted molar refractivity (Wildman–Crippen MR) is 132 cm³/mol. The molecule has 0 N–H and O–H groups in total. The molecule has 0 unspecified atom stereocenters. The zero-order chi connectivity index (χ0) is 23.1. The van der Waals surface area contributed by atoms with Crippen LogP contribution in [0.3, 0.4) is 0 Å². The minimum atomic E-state index is 0.459. The van der Waals surface area contributed by atoms with Crippen molar-refractivity contribution in [2.45, 2.75) is 40.0 Å². The van der Waals surface area contributed by atoms with E-state index in [-0.39, 0.29) is 0 Å². The fourth-order valence-electron chi connectivity index (χ4n) is 3.47. The molecule has 2 aliphatic rings. The normalized spacial score (nSPS) is 15.4. The Bertz CT molecular complexity index is 1080. The van der Waals surface area contributed by atoms with Crippen molar-refractivity contribution in [1.82, 2.24) is 15.2 Å². The van der Waals surface area contributed by atoms with Crippen LogP contribution in [0.25, 0.3) is 11.3 Å². The van der Waals surface area contributed by atoms with E-state index >= 15 is 0 Å². The number of fused-ring (bicyclic) bond motifs is 3. The van der Waals surface area contributed by atoms with Gasteiger partial charge < -0.3 is 4.74 Å². The molecule has 1 aliphatic carbocycles. The number of hydrogen-bond donors (Lipinski definition) is 0. The van der Waals surface area contributed by atoms with Gasteiger partial charge >= 0.3 is 0 Å². The summed E-state index contributed by atoms with van der Waals surface area (Å²) in [7, 11) is 1.79. The number of aromatic nitrogens is 2. The molecule has 0 fully saturated rings. The first kappa shape index (κ1) is 23.2. The summed E-state index contributed by atoms with van der Waals surface area (Å²) < 4.78 is 5.53. The summed E-state index contributed by atoms with van der Waals surface area (Å²) >= 11 is 0. The quantitative estimate of drug-likeness (QED) is 0.556. The highest BCUT2D eigenvalue weighted by Gasteiger charge is 2.23. The van der Waals surface area contributed by atoms with Crippen LogP contribution in [-0.4, -0.2) is 28.2 Å². The number of ether oxygens (including phenoxy) is 1. The first-order chi connectivity index (χ1) is 15.4. The molecule has 1 aromatic heterocycles. The SMILES string of the molecule is C=C/C=C(C)\C=C/C(C)C.C=C1OC(c2cc3c(nn2)-c2ccccc2CCC3)=NN1C. The van der Waals surface area contributed by atoms with E-state index in [1.165, 1.54) is 22.3 Å². The van der Waals surface area contributed by atoms with E-state index in [0.29, 0.717) is 23.4 Å². The van der Waals surface area contributed by atoms with Crippen LogP contribution in [0.5, 0.6) is 0 Å². The summed E-state index contributed by atoms with van der Waals surface area (Å²) in [5, 5.41) is 14.6. The van der Waals surface area contributed by atoms with Crippen molar-refractivity contribution in [2.24, 2.45) is 11.0 Å². The van der Waals surface area contributed by atoms with Crippen LogP contribution in [0.4, 0.5) is 0 Å². The van der Waals surface area contributed by atoms with Gasteiger partial charge in [-0.1, -0.05) is 74.6 Å². The van der Waals surface area contributed by atoms with Gasteiger partial charge in [0, 0.05) is 12.6 Å². The highest BCUT2D eigenvalue weighted by Crippen LogP contribution is 2.31. The average molecular weight is 429 g/mol. The lowest BCUT2D eigenvalue weighted by Gasteiger charge is -2.08. The molecule has 1 aromatic carbocycles. The van der Waals surface area contributed by atoms with Crippen molar-refractivity contribution in [2.75, 3.05) is 7.05 Å². The molecule has 0 amide bonds. The highest BCUT2D eigenvalue weighted by atomic mass is 16.5. The van der Waals surface area contributed by atoms with E-state index in [1.807, 2.05) is 18.2 Å². The lowest BCUT2D eigenvalue weighted by molar-refractivity contribution is 0.308. The highest BCUT2D eigenvalue weighted by molar-refractivity contribution is 5.94. The second kappa shape index (κ2) is 10.7. The second-order valence-corrected chi connectivity index (χ2v) is 8.29. The van der Waals surface area contributed by atoms with Gasteiger partial charge in [-0.15, -0.1) is 15.3 Å². The van der Waals surface area contributed by atoms with Gasteiger partial charge in [0.05, 0.1) is 5.69 Å². The topological polar surface area (TPSA) is 50.6 Å². The molecule has 2 aromatic rings. The van der Waals surface area contributed by atoms with Crippen LogP contribution in [0.2, 0.25) is 0 Å². The molecule has 0 saturated heterocycles.